The lowest BCUT2D eigenvalue weighted by atomic mass is 9.72. The fourth-order valence-corrected chi connectivity index (χ4v) is 9.20. The highest BCUT2D eigenvalue weighted by Gasteiger charge is 2.66. The number of hydrogen-bond donors (Lipinski definition) is 0. The van der Waals surface area contributed by atoms with E-state index in [1.807, 2.05) is 36.4 Å². The van der Waals surface area contributed by atoms with Gasteiger partial charge < -0.3 is 0 Å². The Labute approximate surface area is 235 Å². The van der Waals surface area contributed by atoms with E-state index in [2.05, 4.69) is 37.5 Å². The summed E-state index contributed by atoms with van der Waals surface area (Å²) in [7, 11) is 0. The van der Waals surface area contributed by atoms with Gasteiger partial charge in [0.15, 0.2) is 0 Å². The van der Waals surface area contributed by atoms with Crippen molar-refractivity contribution in [3.63, 3.8) is 0 Å². The van der Waals surface area contributed by atoms with E-state index >= 15 is 0 Å². The Bertz CT molecular complexity index is 1390. The number of allylic oxidation sites excluding steroid dienone is 6. The summed E-state index contributed by atoms with van der Waals surface area (Å²) in [4.78, 5) is 56.7. The van der Waals surface area contributed by atoms with Crippen LogP contribution in [0.15, 0.2) is 73.9 Å². The van der Waals surface area contributed by atoms with Gasteiger partial charge in [-0.15, -0.1) is 13.2 Å². The Morgan fingerprint density at radius 3 is 1.88 bits per heavy atom. The van der Waals surface area contributed by atoms with Crippen LogP contribution in [0.2, 0.25) is 0 Å². The molecule has 8 unspecified atom stereocenters. The van der Waals surface area contributed by atoms with E-state index in [4.69, 9.17) is 0 Å². The van der Waals surface area contributed by atoms with Gasteiger partial charge in [0.05, 0.1) is 29.4 Å². The van der Waals surface area contributed by atoms with Gasteiger partial charge in [0.25, 0.3) is 0 Å². The zero-order chi connectivity index (χ0) is 27.8. The van der Waals surface area contributed by atoms with Crippen LogP contribution in [0, 0.1) is 46.3 Å². The smallest absolute Gasteiger partial charge is 0.238 e. The van der Waals surface area contributed by atoms with Crippen molar-refractivity contribution in [3.8, 4) is 0 Å². The highest BCUT2D eigenvalue weighted by Crippen LogP contribution is 2.63. The zero-order valence-corrected chi connectivity index (χ0v) is 22.8. The third kappa shape index (κ3) is 3.34. The van der Waals surface area contributed by atoms with Crippen molar-refractivity contribution in [3.05, 3.63) is 79.4 Å². The van der Waals surface area contributed by atoms with Crippen LogP contribution in [0.1, 0.15) is 44.1 Å². The first-order valence-corrected chi connectivity index (χ1v) is 14.8. The maximum atomic E-state index is 13.6. The van der Waals surface area contributed by atoms with E-state index in [0.717, 1.165) is 44.1 Å². The first kappa shape index (κ1) is 25.4. The average Bonchev–Trinajstić information content (AvgIpc) is 3.78. The minimum absolute atomic E-state index is 0.0315. The van der Waals surface area contributed by atoms with Crippen molar-refractivity contribution < 1.29 is 19.2 Å². The van der Waals surface area contributed by atoms with E-state index in [-0.39, 0.29) is 70.0 Å². The molecule has 4 amide bonds. The molecule has 6 aliphatic rings. The predicted octanol–water partition coefficient (Wildman–Crippen LogP) is 5.02. The predicted molar refractivity (Wildman–Crippen MR) is 152 cm³/mol. The molecule has 2 saturated carbocycles. The molecular formula is C34H36N2O4. The lowest BCUT2D eigenvalue weighted by Crippen LogP contribution is -2.37. The fourth-order valence-electron chi connectivity index (χ4n) is 9.20. The Morgan fingerprint density at radius 2 is 1.30 bits per heavy atom. The molecule has 0 aromatic heterocycles. The van der Waals surface area contributed by atoms with Gasteiger partial charge in [0.2, 0.25) is 23.6 Å². The quantitative estimate of drug-likeness (QED) is 0.311. The Kier molecular flexibility index (Phi) is 5.71. The molecule has 4 bridgehead atoms. The summed E-state index contributed by atoms with van der Waals surface area (Å²) >= 11 is 0. The van der Waals surface area contributed by atoms with Crippen molar-refractivity contribution in [2.75, 3.05) is 11.4 Å². The minimum atomic E-state index is -0.291. The van der Waals surface area contributed by atoms with Gasteiger partial charge in [-0.3, -0.25) is 29.0 Å². The molecule has 4 fully saturated rings. The van der Waals surface area contributed by atoms with Crippen LogP contribution in [0.25, 0.3) is 0 Å². The molecule has 2 aliphatic heterocycles. The lowest BCUT2D eigenvalue weighted by Gasteiger charge is -2.30. The van der Waals surface area contributed by atoms with Crippen LogP contribution in [0.4, 0.5) is 5.69 Å². The standard InChI is InChI=1S/C34H36N2O4/c1-3-5-14-33-16-11-22(19-33)25-27(33)31(39)35(29(25)37)18-13-21-7-9-24(10-8-21)36-30(38)26-23-12-17-34(20-23,15-6-4-2)28(26)32(36)40/h3-4,7-12,16-17,22-23,25-28H,1-2,5-6,13-15,18-20H2. The van der Waals surface area contributed by atoms with Crippen molar-refractivity contribution >= 4 is 29.3 Å². The number of imide groups is 2. The minimum Gasteiger partial charge on any atom is -0.282 e. The summed E-state index contributed by atoms with van der Waals surface area (Å²) in [6.45, 7) is 8.03. The number of carbonyl (C=O) groups is 4. The van der Waals surface area contributed by atoms with Gasteiger partial charge in [-0.25, -0.2) is 0 Å². The van der Waals surface area contributed by atoms with Crippen molar-refractivity contribution in [2.24, 2.45) is 46.3 Å². The van der Waals surface area contributed by atoms with Crippen LogP contribution in [-0.2, 0) is 25.6 Å². The van der Waals surface area contributed by atoms with Crippen molar-refractivity contribution in [1.29, 1.82) is 0 Å². The number of fused-ring (bicyclic) bond motifs is 10. The van der Waals surface area contributed by atoms with Gasteiger partial charge in [-0.1, -0.05) is 48.6 Å². The van der Waals surface area contributed by atoms with Gasteiger partial charge in [-0.2, -0.15) is 0 Å². The first-order valence-electron chi connectivity index (χ1n) is 14.8. The summed E-state index contributed by atoms with van der Waals surface area (Å²) in [5, 5.41) is 0. The maximum absolute atomic E-state index is 13.6. The maximum Gasteiger partial charge on any atom is 0.238 e. The molecule has 6 heteroatoms. The number of nitrogens with zero attached hydrogens (tertiary/aromatic N) is 2. The summed E-state index contributed by atoms with van der Waals surface area (Å²) in [5.74, 6) is -0.990. The second-order valence-corrected chi connectivity index (χ2v) is 12.8. The molecule has 4 aliphatic carbocycles. The topological polar surface area (TPSA) is 74.8 Å². The zero-order valence-electron chi connectivity index (χ0n) is 22.8. The fraction of sp³-hybridized carbons (Fsp3) is 0.471. The highest BCUT2D eigenvalue weighted by atomic mass is 16.2. The third-order valence-electron chi connectivity index (χ3n) is 11.0. The molecule has 0 N–H and O–H groups in total. The van der Waals surface area contributed by atoms with Gasteiger partial charge in [0.1, 0.15) is 0 Å². The Balaban J connectivity index is 1.04. The highest BCUT2D eigenvalue weighted by molar-refractivity contribution is 6.23. The first-order chi connectivity index (χ1) is 19.3. The normalized spacial score (nSPS) is 38.2. The number of rotatable bonds is 10. The second kappa shape index (κ2) is 8.98. The van der Waals surface area contributed by atoms with Crippen molar-refractivity contribution in [1.82, 2.24) is 4.90 Å². The molecule has 206 valence electrons. The molecule has 40 heavy (non-hydrogen) atoms. The van der Waals surface area contributed by atoms with E-state index in [1.54, 1.807) is 0 Å². The van der Waals surface area contributed by atoms with Crippen LogP contribution in [0.5, 0.6) is 0 Å². The Hall–Kier alpha value is -3.54. The summed E-state index contributed by atoms with van der Waals surface area (Å²) < 4.78 is 0. The lowest BCUT2D eigenvalue weighted by molar-refractivity contribution is -0.141. The van der Waals surface area contributed by atoms with Crippen molar-refractivity contribution in [2.45, 2.75) is 44.9 Å². The third-order valence-corrected chi connectivity index (χ3v) is 11.0. The second-order valence-electron chi connectivity index (χ2n) is 12.8. The summed E-state index contributed by atoms with van der Waals surface area (Å²) in [6, 6.07) is 7.48. The molecule has 8 atom stereocenters. The van der Waals surface area contributed by atoms with E-state index < -0.39 is 0 Å². The summed E-state index contributed by atoms with van der Waals surface area (Å²) in [6.07, 6.45) is 18.1. The monoisotopic (exact) mass is 536 g/mol. The molecule has 1 aromatic rings. The van der Waals surface area contributed by atoms with Crippen LogP contribution >= 0.6 is 0 Å². The van der Waals surface area contributed by atoms with E-state index in [1.165, 1.54) is 9.80 Å². The molecule has 2 heterocycles. The average molecular weight is 537 g/mol. The number of carbonyl (C=O) groups excluding carboxylic acids is 4. The number of benzene rings is 1. The van der Waals surface area contributed by atoms with Gasteiger partial charge in [-0.05, 0) is 74.5 Å². The van der Waals surface area contributed by atoms with Crippen LogP contribution < -0.4 is 4.90 Å². The molecule has 0 spiro atoms. The number of hydrogen-bond acceptors (Lipinski definition) is 4. The van der Waals surface area contributed by atoms with E-state index in [9.17, 15) is 19.2 Å². The molecule has 0 radical (unpaired) electrons. The molecule has 6 nitrogen and oxygen atoms in total. The van der Waals surface area contributed by atoms with Crippen LogP contribution in [-0.4, -0.2) is 35.1 Å². The number of likely N-dealkylation sites (tertiary alicyclic amines) is 1. The van der Waals surface area contributed by atoms with Gasteiger partial charge >= 0.3 is 0 Å². The van der Waals surface area contributed by atoms with Gasteiger partial charge in [0, 0.05) is 17.4 Å². The largest absolute Gasteiger partial charge is 0.282 e. The molecule has 1 aromatic carbocycles. The van der Waals surface area contributed by atoms with E-state index in [0.29, 0.717) is 18.7 Å². The number of amides is 4. The summed E-state index contributed by atoms with van der Waals surface area (Å²) in [5.41, 5.74) is 1.12. The molecule has 7 rings (SSSR count). The SMILES string of the molecule is C=CCCC12C=CC(C1)C1C(=O)N(CCc3ccc(N4C(=O)C5C6C=CC(CCC=C)(C6)C5C4=O)cc3)C(=O)C12. The molecular weight excluding hydrogens is 500 g/mol. The van der Waals surface area contributed by atoms with Crippen LogP contribution in [0.3, 0.4) is 0 Å². The Morgan fingerprint density at radius 1 is 0.750 bits per heavy atom. The molecule has 2 saturated heterocycles. The number of anilines is 1.